The minimum absolute atomic E-state index is 0.154. The minimum Gasteiger partial charge on any atom is -0.397 e. The van der Waals surface area contributed by atoms with E-state index < -0.39 is 0 Å². The molecule has 1 aromatic rings. The van der Waals surface area contributed by atoms with Gasteiger partial charge < -0.3 is 10.6 Å². The van der Waals surface area contributed by atoms with Crippen LogP contribution in [0.25, 0.3) is 0 Å². The molecule has 0 radical (unpaired) electrons. The highest BCUT2D eigenvalue weighted by Crippen LogP contribution is 2.17. The van der Waals surface area contributed by atoms with Gasteiger partial charge in [-0.15, -0.1) is 0 Å². The quantitative estimate of drug-likeness (QED) is 0.824. The zero-order valence-electron chi connectivity index (χ0n) is 9.70. The topological polar surface area (TPSA) is 59.2 Å². The third-order valence-electron chi connectivity index (χ3n) is 2.08. The average Bonchev–Trinajstić information content (AvgIpc) is 2.19. The highest BCUT2D eigenvalue weighted by Gasteiger charge is 2.16. The van der Waals surface area contributed by atoms with E-state index in [1.807, 2.05) is 13.8 Å². The molecule has 1 heterocycles. The Labute approximate surface area is 100 Å². The summed E-state index contributed by atoms with van der Waals surface area (Å²) in [5.74, 6) is 0.250. The number of aromatic nitrogens is 1. The Kier molecular flexibility index (Phi) is 4.12. The first-order chi connectivity index (χ1) is 7.41. The summed E-state index contributed by atoms with van der Waals surface area (Å²) in [4.78, 5) is 17.5. The number of anilines is 1. The van der Waals surface area contributed by atoms with Gasteiger partial charge in [0.25, 0.3) is 5.91 Å². The van der Waals surface area contributed by atoms with Gasteiger partial charge in [-0.3, -0.25) is 4.79 Å². The Morgan fingerprint density at radius 1 is 1.62 bits per heavy atom. The van der Waals surface area contributed by atoms with E-state index in [0.717, 1.165) is 0 Å². The predicted octanol–water partition coefficient (Wildman–Crippen LogP) is 2.05. The first kappa shape index (κ1) is 12.8. The summed E-state index contributed by atoms with van der Waals surface area (Å²) < 4.78 is 0. The molecule has 0 aliphatic rings. The summed E-state index contributed by atoms with van der Waals surface area (Å²) in [7, 11) is 1.74. The lowest BCUT2D eigenvalue weighted by molar-refractivity contribution is 0.0779. The van der Waals surface area contributed by atoms with Crippen LogP contribution in [0.15, 0.2) is 12.3 Å². The van der Waals surface area contributed by atoms with E-state index >= 15 is 0 Å². The van der Waals surface area contributed by atoms with Crippen molar-refractivity contribution in [1.82, 2.24) is 9.88 Å². The van der Waals surface area contributed by atoms with Gasteiger partial charge in [0.15, 0.2) is 0 Å². The number of halogens is 1. The summed E-state index contributed by atoms with van der Waals surface area (Å²) >= 11 is 5.86. The van der Waals surface area contributed by atoms with Crippen LogP contribution in [0.5, 0.6) is 0 Å². The molecule has 0 saturated heterocycles. The number of carbonyl (C=O) groups excluding carboxylic acids is 1. The van der Waals surface area contributed by atoms with Crippen LogP contribution in [0.1, 0.15) is 24.2 Å². The molecule has 1 amide bonds. The van der Waals surface area contributed by atoms with E-state index in [-0.39, 0.29) is 11.1 Å². The molecule has 4 nitrogen and oxygen atoms in total. The van der Waals surface area contributed by atoms with E-state index in [0.29, 0.717) is 23.7 Å². The number of hydrogen-bond donors (Lipinski definition) is 1. The molecule has 0 spiro atoms. The summed E-state index contributed by atoms with van der Waals surface area (Å²) in [6, 6.07) is 1.55. The lowest BCUT2D eigenvalue weighted by Gasteiger charge is -2.19. The monoisotopic (exact) mass is 241 g/mol. The summed E-state index contributed by atoms with van der Waals surface area (Å²) in [5.41, 5.74) is 6.36. The van der Waals surface area contributed by atoms with Gasteiger partial charge in [-0.2, -0.15) is 0 Å². The maximum absolute atomic E-state index is 12.0. The third-order valence-corrected chi connectivity index (χ3v) is 2.38. The SMILES string of the molecule is CC(C)CN(C)C(=O)c1cc(N)cnc1Cl. The number of hydrogen-bond acceptors (Lipinski definition) is 3. The van der Waals surface area contributed by atoms with Gasteiger partial charge in [-0.1, -0.05) is 25.4 Å². The Hall–Kier alpha value is -1.29. The largest absolute Gasteiger partial charge is 0.397 e. The highest BCUT2D eigenvalue weighted by molar-refractivity contribution is 6.32. The Balaban J connectivity index is 2.91. The standard InChI is InChI=1S/C11H16ClN3O/c1-7(2)6-15(3)11(16)9-4-8(13)5-14-10(9)12/h4-5,7H,6,13H2,1-3H3. The van der Waals surface area contributed by atoms with Crippen molar-refractivity contribution in [1.29, 1.82) is 0 Å². The molecule has 88 valence electrons. The Morgan fingerprint density at radius 2 is 2.25 bits per heavy atom. The second-order valence-electron chi connectivity index (χ2n) is 4.19. The normalized spacial score (nSPS) is 10.6. The van der Waals surface area contributed by atoms with Crippen LogP contribution in [-0.4, -0.2) is 29.4 Å². The van der Waals surface area contributed by atoms with E-state index in [9.17, 15) is 4.79 Å². The summed E-state index contributed by atoms with van der Waals surface area (Å²) in [6.07, 6.45) is 1.43. The Bertz CT molecular complexity index is 393. The van der Waals surface area contributed by atoms with Crippen LogP contribution in [0, 0.1) is 5.92 Å². The number of nitrogen functional groups attached to an aromatic ring is 1. The zero-order chi connectivity index (χ0) is 12.3. The molecule has 1 rings (SSSR count). The fraction of sp³-hybridized carbons (Fsp3) is 0.455. The van der Waals surface area contributed by atoms with Crippen molar-refractivity contribution in [2.45, 2.75) is 13.8 Å². The minimum atomic E-state index is -0.154. The average molecular weight is 242 g/mol. The van der Waals surface area contributed by atoms with Crippen molar-refractivity contribution in [3.8, 4) is 0 Å². The molecular weight excluding hydrogens is 226 g/mol. The van der Waals surface area contributed by atoms with E-state index in [4.69, 9.17) is 17.3 Å². The van der Waals surface area contributed by atoms with Gasteiger partial charge in [-0.05, 0) is 12.0 Å². The number of carbonyl (C=O) groups is 1. The molecule has 0 fully saturated rings. The van der Waals surface area contributed by atoms with Crippen molar-refractivity contribution in [2.24, 2.45) is 5.92 Å². The molecule has 0 saturated carbocycles. The molecule has 1 aromatic heterocycles. The van der Waals surface area contributed by atoms with E-state index in [1.54, 1.807) is 18.0 Å². The van der Waals surface area contributed by atoms with Gasteiger partial charge in [0.1, 0.15) is 5.15 Å². The fourth-order valence-electron chi connectivity index (χ4n) is 1.45. The summed E-state index contributed by atoms with van der Waals surface area (Å²) in [5, 5.41) is 0.190. The smallest absolute Gasteiger partial charge is 0.256 e. The van der Waals surface area contributed by atoms with Gasteiger partial charge in [0.2, 0.25) is 0 Å². The Morgan fingerprint density at radius 3 is 2.81 bits per heavy atom. The maximum Gasteiger partial charge on any atom is 0.256 e. The highest BCUT2D eigenvalue weighted by atomic mass is 35.5. The molecule has 0 aliphatic carbocycles. The first-order valence-electron chi connectivity index (χ1n) is 5.08. The molecule has 16 heavy (non-hydrogen) atoms. The zero-order valence-corrected chi connectivity index (χ0v) is 10.5. The number of rotatable bonds is 3. The third kappa shape index (κ3) is 3.10. The van der Waals surface area contributed by atoms with Crippen molar-refractivity contribution in [3.63, 3.8) is 0 Å². The van der Waals surface area contributed by atoms with Crippen LogP contribution in [0.3, 0.4) is 0 Å². The second-order valence-corrected chi connectivity index (χ2v) is 4.54. The molecule has 0 aliphatic heterocycles. The van der Waals surface area contributed by atoms with Crippen molar-refractivity contribution < 1.29 is 4.79 Å². The fourth-order valence-corrected chi connectivity index (χ4v) is 1.63. The van der Waals surface area contributed by atoms with Crippen LogP contribution >= 0.6 is 11.6 Å². The van der Waals surface area contributed by atoms with Crippen molar-refractivity contribution in [2.75, 3.05) is 19.3 Å². The van der Waals surface area contributed by atoms with Crippen LogP contribution < -0.4 is 5.73 Å². The van der Waals surface area contributed by atoms with Crippen LogP contribution in [-0.2, 0) is 0 Å². The van der Waals surface area contributed by atoms with E-state index in [1.165, 1.54) is 6.20 Å². The van der Waals surface area contributed by atoms with E-state index in [2.05, 4.69) is 4.98 Å². The van der Waals surface area contributed by atoms with Gasteiger partial charge >= 0.3 is 0 Å². The lowest BCUT2D eigenvalue weighted by Crippen LogP contribution is -2.30. The van der Waals surface area contributed by atoms with Crippen molar-refractivity contribution >= 4 is 23.2 Å². The molecule has 0 atom stereocenters. The van der Waals surface area contributed by atoms with Gasteiger partial charge in [0.05, 0.1) is 17.4 Å². The maximum atomic E-state index is 12.0. The van der Waals surface area contributed by atoms with Gasteiger partial charge in [0, 0.05) is 13.6 Å². The van der Waals surface area contributed by atoms with Crippen molar-refractivity contribution in [3.05, 3.63) is 23.0 Å². The van der Waals surface area contributed by atoms with Gasteiger partial charge in [-0.25, -0.2) is 4.98 Å². The number of nitrogens with zero attached hydrogens (tertiary/aromatic N) is 2. The summed E-state index contributed by atoms with van der Waals surface area (Å²) in [6.45, 7) is 4.76. The number of pyridine rings is 1. The molecular formula is C11H16ClN3O. The van der Waals surface area contributed by atoms with Crippen LogP contribution in [0.4, 0.5) is 5.69 Å². The molecule has 0 aromatic carbocycles. The van der Waals surface area contributed by atoms with Crippen LogP contribution in [0.2, 0.25) is 5.15 Å². The first-order valence-corrected chi connectivity index (χ1v) is 5.46. The second kappa shape index (κ2) is 5.16. The molecule has 0 unspecified atom stereocenters. The number of nitrogens with two attached hydrogens (primary N) is 1. The molecule has 0 bridgehead atoms. The molecule has 2 N–H and O–H groups in total. The molecule has 5 heteroatoms. The predicted molar refractivity (Wildman–Crippen MR) is 65.5 cm³/mol. The number of amides is 1. The lowest BCUT2D eigenvalue weighted by atomic mass is 10.2.